The summed E-state index contributed by atoms with van der Waals surface area (Å²) in [5.74, 6) is 0.730. The van der Waals surface area contributed by atoms with Crippen molar-refractivity contribution in [2.45, 2.75) is 13.0 Å². The van der Waals surface area contributed by atoms with Crippen molar-refractivity contribution in [3.8, 4) is 5.75 Å². The Balaban J connectivity index is 2.09. The zero-order chi connectivity index (χ0) is 15.1. The number of hydrogen-bond donors (Lipinski definition) is 1. The standard InChI is InChI=1S/C16H19NO3S/c1-3-20-14-6-4-12(5-7-14)15(10-19-2)17-16(18)13-8-9-21-11-13/h4-9,11,15H,3,10H2,1-2H3,(H,17,18)/t15-/m1/s1. The molecule has 112 valence electrons. The van der Waals surface area contributed by atoms with E-state index in [4.69, 9.17) is 9.47 Å². The predicted molar refractivity (Wildman–Crippen MR) is 84.0 cm³/mol. The number of nitrogens with one attached hydrogen (secondary N) is 1. The van der Waals surface area contributed by atoms with E-state index in [9.17, 15) is 4.79 Å². The molecule has 1 heterocycles. The van der Waals surface area contributed by atoms with Gasteiger partial charge in [0.2, 0.25) is 0 Å². The lowest BCUT2D eigenvalue weighted by Crippen LogP contribution is -2.31. The van der Waals surface area contributed by atoms with Crippen LogP contribution in [-0.4, -0.2) is 26.2 Å². The normalized spacial score (nSPS) is 11.9. The molecule has 1 amide bonds. The molecule has 0 saturated carbocycles. The highest BCUT2D eigenvalue weighted by Gasteiger charge is 2.16. The first-order chi connectivity index (χ1) is 10.2. The van der Waals surface area contributed by atoms with Gasteiger partial charge in [-0.3, -0.25) is 4.79 Å². The van der Waals surface area contributed by atoms with Gasteiger partial charge in [0.1, 0.15) is 5.75 Å². The quantitative estimate of drug-likeness (QED) is 0.854. The third-order valence-corrected chi connectivity index (χ3v) is 3.70. The Morgan fingerprint density at radius 3 is 2.62 bits per heavy atom. The van der Waals surface area contributed by atoms with Crippen molar-refractivity contribution in [1.29, 1.82) is 0 Å². The Bertz CT molecular complexity index is 551. The fourth-order valence-corrected chi connectivity index (χ4v) is 2.62. The van der Waals surface area contributed by atoms with Crippen LogP contribution in [0.5, 0.6) is 5.75 Å². The number of hydrogen-bond acceptors (Lipinski definition) is 4. The van der Waals surface area contributed by atoms with Gasteiger partial charge in [0.05, 0.1) is 24.8 Å². The Morgan fingerprint density at radius 1 is 1.29 bits per heavy atom. The Kier molecular flexibility index (Phi) is 5.78. The van der Waals surface area contributed by atoms with Gasteiger partial charge in [0.15, 0.2) is 0 Å². The smallest absolute Gasteiger partial charge is 0.252 e. The summed E-state index contributed by atoms with van der Waals surface area (Å²) in [6.07, 6.45) is 0. The summed E-state index contributed by atoms with van der Waals surface area (Å²) in [6, 6.07) is 9.32. The molecule has 5 heteroatoms. The largest absolute Gasteiger partial charge is 0.494 e. The van der Waals surface area contributed by atoms with E-state index in [0.29, 0.717) is 18.8 Å². The maximum absolute atomic E-state index is 12.1. The van der Waals surface area contributed by atoms with Gasteiger partial charge >= 0.3 is 0 Å². The second kappa shape index (κ2) is 7.81. The molecular weight excluding hydrogens is 286 g/mol. The molecule has 0 bridgehead atoms. The van der Waals surface area contributed by atoms with E-state index in [2.05, 4.69) is 5.32 Å². The van der Waals surface area contributed by atoms with Gasteiger partial charge in [-0.15, -0.1) is 0 Å². The van der Waals surface area contributed by atoms with Crippen molar-refractivity contribution in [3.63, 3.8) is 0 Å². The maximum atomic E-state index is 12.1. The summed E-state index contributed by atoms with van der Waals surface area (Å²) in [5, 5.41) is 6.71. The fourth-order valence-electron chi connectivity index (χ4n) is 1.99. The summed E-state index contributed by atoms with van der Waals surface area (Å²) in [5.41, 5.74) is 1.66. The second-order valence-electron chi connectivity index (χ2n) is 4.50. The van der Waals surface area contributed by atoms with E-state index < -0.39 is 0 Å². The molecule has 2 aromatic rings. The van der Waals surface area contributed by atoms with E-state index >= 15 is 0 Å². The third kappa shape index (κ3) is 4.31. The summed E-state index contributed by atoms with van der Waals surface area (Å²) in [7, 11) is 1.62. The van der Waals surface area contributed by atoms with Crippen LogP contribution in [0.25, 0.3) is 0 Å². The predicted octanol–water partition coefficient (Wildman–Crippen LogP) is 3.26. The average Bonchev–Trinajstić information content (AvgIpc) is 3.02. The zero-order valence-corrected chi connectivity index (χ0v) is 13.0. The average molecular weight is 305 g/mol. The lowest BCUT2D eigenvalue weighted by Gasteiger charge is -2.18. The summed E-state index contributed by atoms with van der Waals surface area (Å²) in [4.78, 5) is 12.1. The number of thiophene rings is 1. The van der Waals surface area contributed by atoms with Gasteiger partial charge in [-0.25, -0.2) is 0 Å². The SMILES string of the molecule is CCOc1ccc([C@@H](COC)NC(=O)c2ccsc2)cc1. The molecular formula is C16H19NO3S. The molecule has 21 heavy (non-hydrogen) atoms. The van der Waals surface area contributed by atoms with Crippen LogP contribution in [-0.2, 0) is 4.74 Å². The molecule has 0 unspecified atom stereocenters. The van der Waals surface area contributed by atoms with Crippen LogP contribution in [0.2, 0.25) is 0 Å². The number of amides is 1. The van der Waals surface area contributed by atoms with E-state index in [0.717, 1.165) is 11.3 Å². The molecule has 1 atom stereocenters. The first kappa shape index (κ1) is 15.5. The van der Waals surface area contributed by atoms with Crippen molar-refractivity contribution >= 4 is 17.2 Å². The van der Waals surface area contributed by atoms with E-state index in [-0.39, 0.29) is 11.9 Å². The first-order valence-corrected chi connectivity index (χ1v) is 7.73. The number of carbonyl (C=O) groups excluding carboxylic acids is 1. The van der Waals surface area contributed by atoms with Gasteiger partial charge in [-0.2, -0.15) is 11.3 Å². The molecule has 1 aromatic heterocycles. The highest BCUT2D eigenvalue weighted by atomic mass is 32.1. The van der Waals surface area contributed by atoms with Crippen LogP contribution in [0.3, 0.4) is 0 Å². The molecule has 0 fully saturated rings. The number of benzene rings is 1. The highest BCUT2D eigenvalue weighted by molar-refractivity contribution is 7.08. The lowest BCUT2D eigenvalue weighted by molar-refractivity contribution is 0.0897. The van der Waals surface area contributed by atoms with Gasteiger partial charge < -0.3 is 14.8 Å². The van der Waals surface area contributed by atoms with Crippen molar-refractivity contribution in [3.05, 3.63) is 52.2 Å². The van der Waals surface area contributed by atoms with Crippen LogP contribution >= 0.6 is 11.3 Å². The monoisotopic (exact) mass is 305 g/mol. The van der Waals surface area contributed by atoms with E-state index in [1.54, 1.807) is 7.11 Å². The zero-order valence-electron chi connectivity index (χ0n) is 12.2. The third-order valence-electron chi connectivity index (χ3n) is 3.02. The van der Waals surface area contributed by atoms with Crippen LogP contribution in [0, 0.1) is 0 Å². The number of ether oxygens (including phenoxy) is 2. The summed E-state index contributed by atoms with van der Waals surface area (Å²) in [6.45, 7) is 3.00. The van der Waals surface area contributed by atoms with Crippen LogP contribution in [0.4, 0.5) is 0 Å². The topological polar surface area (TPSA) is 47.6 Å². The second-order valence-corrected chi connectivity index (χ2v) is 5.28. The van der Waals surface area contributed by atoms with Gasteiger partial charge in [-0.05, 0) is 36.1 Å². The van der Waals surface area contributed by atoms with E-state index in [1.807, 2.05) is 48.0 Å². The molecule has 1 aromatic carbocycles. The number of carbonyl (C=O) groups is 1. The van der Waals surface area contributed by atoms with Crippen molar-refractivity contribution in [2.75, 3.05) is 20.3 Å². The molecule has 0 aliphatic heterocycles. The number of methoxy groups -OCH3 is 1. The van der Waals surface area contributed by atoms with Crippen molar-refractivity contribution in [2.24, 2.45) is 0 Å². The van der Waals surface area contributed by atoms with Crippen LogP contribution in [0.1, 0.15) is 28.9 Å². The summed E-state index contributed by atoms with van der Waals surface area (Å²) >= 11 is 1.50. The van der Waals surface area contributed by atoms with E-state index in [1.165, 1.54) is 11.3 Å². The Hall–Kier alpha value is -1.85. The molecule has 0 radical (unpaired) electrons. The minimum absolute atomic E-state index is 0.0906. The maximum Gasteiger partial charge on any atom is 0.252 e. The molecule has 2 rings (SSSR count). The van der Waals surface area contributed by atoms with Crippen molar-refractivity contribution in [1.82, 2.24) is 5.32 Å². The molecule has 0 aliphatic carbocycles. The first-order valence-electron chi connectivity index (χ1n) is 6.79. The van der Waals surface area contributed by atoms with Gasteiger partial charge in [0, 0.05) is 12.5 Å². The molecule has 4 nitrogen and oxygen atoms in total. The molecule has 0 spiro atoms. The van der Waals surface area contributed by atoms with Crippen LogP contribution < -0.4 is 10.1 Å². The lowest BCUT2D eigenvalue weighted by atomic mass is 10.1. The van der Waals surface area contributed by atoms with Gasteiger partial charge in [-0.1, -0.05) is 12.1 Å². The van der Waals surface area contributed by atoms with Gasteiger partial charge in [0.25, 0.3) is 5.91 Å². The minimum Gasteiger partial charge on any atom is -0.494 e. The minimum atomic E-state index is -0.182. The summed E-state index contributed by atoms with van der Waals surface area (Å²) < 4.78 is 10.6. The van der Waals surface area contributed by atoms with Crippen molar-refractivity contribution < 1.29 is 14.3 Å². The molecule has 0 saturated heterocycles. The highest BCUT2D eigenvalue weighted by Crippen LogP contribution is 2.19. The van der Waals surface area contributed by atoms with Crippen LogP contribution in [0.15, 0.2) is 41.1 Å². The fraction of sp³-hybridized carbons (Fsp3) is 0.312. The Morgan fingerprint density at radius 2 is 2.05 bits per heavy atom. The number of rotatable bonds is 7. The Labute approximate surface area is 128 Å². The molecule has 0 aliphatic rings. The molecule has 1 N–H and O–H groups in total.